The molecule has 1 saturated carbocycles. The first-order valence-electron chi connectivity index (χ1n) is 13.0. The van der Waals surface area contributed by atoms with Crippen LogP contribution in [0, 0.1) is 23.4 Å². The summed E-state index contributed by atoms with van der Waals surface area (Å²) in [7, 11) is 0. The van der Waals surface area contributed by atoms with Crippen molar-refractivity contribution in [2.75, 3.05) is 6.61 Å². The second-order valence-electron chi connectivity index (χ2n) is 9.70. The van der Waals surface area contributed by atoms with Crippen molar-refractivity contribution >= 4 is 0 Å². The third-order valence-electron chi connectivity index (χ3n) is 7.38. The highest BCUT2D eigenvalue weighted by atomic mass is 19.2. The highest BCUT2D eigenvalue weighted by Crippen LogP contribution is 2.39. The van der Waals surface area contributed by atoms with Gasteiger partial charge < -0.3 is 4.74 Å². The molecule has 1 aliphatic carbocycles. The Hall–Kier alpha value is -2.75. The van der Waals surface area contributed by atoms with E-state index in [0.717, 1.165) is 35.4 Å². The Bertz CT molecular complexity index is 1110. The van der Waals surface area contributed by atoms with Crippen molar-refractivity contribution in [3.8, 4) is 28.0 Å². The monoisotopic (exact) mass is 480 g/mol. The number of benzene rings is 3. The molecule has 0 amide bonds. The highest BCUT2D eigenvalue weighted by Gasteiger charge is 2.24. The first kappa shape index (κ1) is 25.3. The molecule has 3 aromatic rings. The molecule has 0 heterocycles. The Morgan fingerprint density at radius 2 is 1.43 bits per heavy atom. The lowest BCUT2D eigenvalue weighted by molar-refractivity contribution is 0.299. The van der Waals surface area contributed by atoms with E-state index >= 15 is 4.39 Å². The van der Waals surface area contributed by atoms with Gasteiger partial charge in [-0.3, -0.25) is 0 Å². The first-order valence-corrected chi connectivity index (χ1v) is 13.0. The maximum absolute atomic E-state index is 15.1. The van der Waals surface area contributed by atoms with Gasteiger partial charge in [-0.2, -0.15) is 4.39 Å². The summed E-state index contributed by atoms with van der Waals surface area (Å²) in [6.07, 6.45) is 9.70. The molecule has 4 heteroatoms. The number of rotatable bonds is 9. The fourth-order valence-electron chi connectivity index (χ4n) is 5.35. The smallest absolute Gasteiger partial charge is 0.201 e. The van der Waals surface area contributed by atoms with E-state index in [9.17, 15) is 8.78 Å². The van der Waals surface area contributed by atoms with Crippen molar-refractivity contribution in [2.45, 2.75) is 71.1 Å². The van der Waals surface area contributed by atoms with Crippen LogP contribution >= 0.6 is 0 Å². The van der Waals surface area contributed by atoms with Crippen LogP contribution in [0.15, 0.2) is 54.6 Å². The second kappa shape index (κ2) is 11.8. The maximum atomic E-state index is 15.1. The molecule has 1 nitrogen and oxygen atoms in total. The number of ether oxygens (including phenoxy) is 1. The maximum Gasteiger partial charge on any atom is 0.201 e. The van der Waals surface area contributed by atoms with Crippen LogP contribution in [-0.4, -0.2) is 6.61 Å². The summed E-state index contributed by atoms with van der Waals surface area (Å²) < 4.78 is 49.1. The Balaban J connectivity index is 1.44. The van der Waals surface area contributed by atoms with Crippen LogP contribution in [-0.2, 0) is 0 Å². The fourth-order valence-corrected chi connectivity index (χ4v) is 5.35. The van der Waals surface area contributed by atoms with Crippen LogP contribution < -0.4 is 4.74 Å². The minimum atomic E-state index is -0.985. The summed E-state index contributed by atoms with van der Waals surface area (Å²) in [5, 5.41) is 0. The molecule has 0 bridgehead atoms. The van der Waals surface area contributed by atoms with Gasteiger partial charge in [0.1, 0.15) is 5.82 Å². The molecule has 3 aromatic carbocycles. The lowest BCUT2D eigenvalue weighted by Gasteiger charge is -2.29. The van der Waals surface area contributed by atoms with Gasteiger partial charge in [-0.05, 0) is 84.9 Å². The Morgan fingerprint density at radius 1 is 0.743 bits per heavy atom. The molecular weight excluding hydrogens is 445 g/mol. The third-order valence-corrected chi connectivity index (χ3v) is 7.38. The van der Waals surface area contributed by atoms with Crippen molar-refractivity contribution in [2.24, 2.45) is 5.92 Å². The van der Waals surface area contributed by atoms with Crippen LogP contribution in [0.1, 0.15) is 76.7 Å². The van der Waals surface area contributed by atoms with Crippen LogP contribution in [0.4, 0.5) is 13.2 Å². The summed E-state index contributed by atoms with van der Waals surface area (Å²) in [6.45, 7) is 4.22. The van der Waals surface area contributed by atoms with Gasteiger partial charge in [-0.1, -0.05) is 69.0 Å². The van der Waals surface area contributed by atoms with Gasteiger partial charge in [0, 0.05) is 5.56 Å². The second-order valence-corrected chi connectivity index (χ2v) is 9.70. The van der Waals surface area contributed by atoms with Crippen molar-refractivity contribution in [3.05, 3.63) is 77.6 Å². The Labute approximate surface area is 207 Å². The molecule has 4 rings (SSSR count). The van der Waals surface area contributed by atoms with Crippen molar-refractivity contribution in [1.82, 2.24) is 0 Å². The Kier molecular flexibility index (Phi) is 8.54. The predicted molar refractivity (Wildman–Crippen MR) is 137 cm³/mol. The van der Waals surface area contributed by atoms with Crippen molar-refractivity contribution in [3.63, 3.8) is 0 Å². The molecule has 0 N–H and O–H groups in total. The van der Waals surface area contributed by atoms with E-state index in [1.165, 1.54) is 50.7 Å². The van der Waals surface area contributed by atoms with Crippen LogP contribution in [0.2, 0.25) is 0 Å². The molecule has 1 aliphatic rings. The number of hydrogen-bond donors (Lipinski definition) is 0. The van der Waals surface area contributed by atoms with Gasteiger partial charge in [0.05, 0.1) is 6.61 Å². The molecule has 35 heavy (non-hydrogen) atoms. The molecule has 0 saturated heterocycles. The SMILES string of the molecule is CCCCCC1CCC(c2ccc(-c3ccc(-c4ccc(OCC)c(F)c4F)cc3)cc2F)CC1. The van der Waals surface area contributed by atoms with Gasteiger partial charge in [0.25, 0.3) is 0 Å². The van der Waals surface area contributed by atoms with E-state index in [1.54, 1.807) is 25.1 Å². The molecule has 0 aliphatic heterocycles. The fraction of sp³-hybridized carbons (Fsp3) is 0.419. The summed E-state index contributed by atoms with van der Waals surface area (Å²) in [6, 6.07) is 15.6. The van der Waals surface area contributed by atoms with Crippen molar-refractivity contribution < 1.29 is 17.9 Å². The van der Waals surface area contributed by atoms with Gasteiger partial charge in [-0.15, -0.1) is 0 Å². The zero-order chi connectivity index (χ0) is 24.8. The number of unbranched alkanes of at least 4 members (excludes halogenated alkanes) is 2. The molecule has 0 aromatic heterocycles. The summed E-state index contributed by atoms with van der Waals surface area (Å²) >= 11 is 0. The average Bonchev–Trinajstić information content (AvgIpc) is 2.88. The van der Waals surface area contributed by atoms with E-state index in [1.807, 2.05) is 24.3 Å². The lowest BCUT2D eigenvalue weighted by atomic mass is 9.76. The zero-order valence-electron chi connectivity index (χ0n) is 20.8. The van der Waals surface area contributed by atoms with E-state index < -0.39 is 11.6 Å². The predicted octanol–water partition coefficient (Wildman–Crippen LogP) is 9.69. The quantitative estimate of drug-likeness (QED) is 0.277. The van der Waals surface area contributed by atoms with Crippen LogP contribution in [0.25, 0.3) is 22.3 Å². The molecular formula is C31H35F3O. The molecule has 0 radical (unpaired) electrons. The normalized spacial score (nSPS) is 18.0. The summed E-state index contributed by atoms with van der Waals surface area (Å²) in [4.78, 5) is 0. The van der Waals surface area contributed by atoms with Gasteiger partial charge in [-0.25, -0.2) is 8.78 Å². The lowest BCUT2D eigenvalue weighted by Crippen LogP contribution is -2.14. The van der Waals surface area contributed by atoms with E-state index in [4.69, 9.17) is 4.74 Å². The summed E-state index contributed by atoms with van der Waals surface area (Å²) in [5.41, 5.74) is 3.17. The topological polar surface area (TPSA) is 9.23 Å². The molecule has 1 fully saturated rings. The van der Waals surface area contributed by atoms with Crippen LogP contribution in [0.5, 0.6) is 5.75 Å². The van der Waals surface area contributed by atoms with Crippen molar-refractivity contribution in [1.29, 1.82) is 0 Å². The van der Waals surface area contributed by atoms with Gasteiger partial charge >= 0.3 is 0 Å². The van der Waals surface area contributed by atoms with Gasteiger partial charge in [0.15, 0.2) is 11.6 Å². The number of halogens is 3. The molecule has 0 unspecified atom stereocenters. The molecule has 186 valence electrons. The van der Waals surface area contributed by atoms with Crippen LogP contribution in [0.3, 0.4) is 0 Å². The van der Waals surface area contributed by atoms with E-state index in [0.29, 0.717) is 11.5 Å². The highest BCUT2D eigenvalue weighted by molar-refractivity contribution is 5.71. The summed E-state index contributed by atoms with van der Waals surface area (Å²) in [5.74, 6) is -1.06. The largest absolute Gasteiger partial charge is 0.491 e. The molecule has 0 spiro atoms. The minimum absolute atomic E-state index is 0.0917. The Morgan fingerprint density at radius 3 is 2.09 bits per heavy atom. The van der Waals surface area contributed by atoms with E-state index in [-0.39, 0.29) is 23.7 Å². The number of hydrogen-bond acceptors (Lipinski definition) is 1. The molecule has 0 atom stereocenters. The van der Waals surface area contributed by atoms with E-state index in [2.05, 4.69) is 6.92 Å². The standard InChI is InChI=1S/C31H35F3O/c1-3-5-6-7-21-8-10-23(11-9-21)26-17-16-25(20-28(26)32)22-12-14-24(15-13-22)27-18-19-29(35-4-2)31(34)30(27)33/h12-21,23H,3-11H2,1-2H3. The minimum Gasteiger partial charge on any atom is -0.491 e. The average molecular weight is 481 g/mol. The third kappa shape index (κ3) is 5.91. The zero-order valence-corrected chi connectivity index (χ0v) is 20.8. The van der Waals surface area contributed by atoms with Gasteiger partial charge in [0.2, 0.25) is 5.82 Å². The first-order chi connectivity index (χ1) is 17.0.